The third-order valence-electron chi connectivity index (χ3n) is 5.07. The number of rotatable bonds is 4. The molecule has 138 valence electrons. The van der Waals surface area contributed by atoms with Gasteiger partial charge in [0.25, 0.3) is 0 Å². The van der Waals surface area contributed by atoms with Crippen LogP contribution in [0.3, 0.4) is 0 Å². The molecular weight excluding hydrogens is 362 g/mol. The summed E-state index contributed by atoms with van der Waals surface area (Å²) in [6.07, 6.45) is 0.546. The molecule has 1 amide bonds. The number of likely N-dealkylation sites (N-methyl/N-ethyl adjacent to an activating group) is 1. The van der Waals surface area contributed by atoms with Gasteiger partial charge in [-0.15, -0.1) is 0 Å². The van der Waals surface area contributed by atoms with Gasteiger partial charge in [0, 0.05) is 39.3 Å². The Morgan fingerprint density at radius 3 is 2.52 bits per heavy atom. The Bertz CT molecular complexity index is 732. The Balaban J connectivity index is 1.50. The molecule has 0 aliphatic carbocycles. The second-order valence-corrected chi connectivity index (χ2v) is 9.41. The molecule has 1 atom stereocenters. The molecule has 2 aliphatic rings. The second kappa shape index (κ2) is 7.51. The first-order valence-corrected chi connectivity index (χ1v) is 10.7. The van der Waals surface area contributed by atoms with Gasteiger partial charge in [0.15, 0.2) is 9.84 Å². The van der Waals surface area contributed by atoms with E-state index in [1.807, 2.05) is 24.3 Å². The van der Waals surface area contributed by atoms with Crippen LogP contribution in [0.25, 0.3) is 0 Å². The molecule has 1 aromatic carbocycles. The SMILES string of the molecule is CN(C(=O)CN1CCN(c2ccccc2Cl)CC1)[C@H]1CCS(=O)(=O)C1. The van der Waals surface area contributed by atoms with Gasteiger partial charge in [0.05, 0.1) is 28.8 Å². The topological polar surface area (TPSA) is 60.9 Å². The molecule has 0 aromatic heterocycles. The van der Waals surface area contributed by atoms with Gasteiger partial charge in [-0.1, -0.05) is 23.7 Å². The van der Waals surface area contributed by atoms with Crippen molar-refractivity contribution in [2.24, 2.45) is 0 Å². The van der Waals surface area contributed by atoms with E-state index in [0.717, 1.165) is 36.9 Å². The number of sulfone groups is 1. The van der Waals surface area contributed by atoms with Gasteiger partial charge in [0.1, 0.15) is 0 Å². The van der Waals surface area contributed by atoms with Crippen LogP contribution in [0.5, 0.6) is 0 Å². The number of piperazine rings is 1. The Hall–Kier alpha value is -1.31. The molecule has 2 fully saturated rings. The molecule has 25 heavy (non-hydrogen) atoms. The van der Waals surface area contributed by atoms with Crippen LogP contribution >= 0.6 is 11.6 Å². The van der Waals surface area contributed by atoms with Gasteiger partial charge >= 0.3 is 0 Å². The number of halogens is 1. The van der Waals surface area contributed by atoms with Gasteiger partial charge in [-0.25, -0.2) is 8.42 Å². The van der Waals surface area contributed by atoms with Crippen molar-refractivity contribution in [3.8, 4) is 0 Å². The lowest BCUT2D eigenvalue weighted by molar-refractivity contribution is -0.132. The van der Waals surface area contributed by atoms with Crippen molar-refractivity contribution >= 4 is 33.0 Å². The quantitative estimate of drug-likeness (QED) is 0.777. The fraction of sp³-hybridized carbons (Fsp3) is 0.588. The lowest BCUT2D eigenvalue weighted by Crippen LogP contribution is -2.51. The highest BCUT2D eigenvalue weighted by molar-refractivity contribution is 7.91. The number of carbonyl (C=O) groups excluding carboxylic acids is 1. The number of hydrogen-bond acceptors (Lipinski definition) is 5. The van der Waals surface area contributed by atoms with E-state index in [4.69, 9.17) is 11.6 Å². The van der Waals surface area contributed by atoms with Crippen molar-refractivity contribution in [2.75, 3.05) is 56.2 Å². The normalized spacial score (nSPS) is 23.6. The largest absolute Gasteiger partial charge is 0.368 e. The van der Waals surface area contributed by atoms with Gasteiger partial charge in [0.2, 0.25) is 5.91 Å². The standard InChI is InChI=1S/C17H24ClN3O3S/c1-19(14-6-11-25(23,24)13-14)17(22)12-20-7-9-21(10-8-20)16-5-3-2-4-15(16)18/h2-5,14H,6-13H2,1H3/t14-/m0/s1. The third-order valence-corrected chi connectivity index (χ3v) is 7.14. The highest BCUT2D eigenvalue weighted by atomic mass is 35.5. The van der Waals surface area contributed by atoms with Crippen LogP contribution in [-0.4, -0.2) is 81.4 Å². The summed E-state index contributed by atoms with van der Waals surface area (Å²) < 4.78 is 23.2. The van der Waals surface area contributed by atoms with Crippen molar-refractivity contribution in [3.05, 3.63) is 29.3 Å². The van der Waals surface area contributed by atoms with Gasteiger partial charge in [-0.2, -0.15) is 0 Å². The molecule has 0 radical (unpaired) electrons. The first-order valence-electron chi connectivity index (χ1n) is 8.53. The van der Waals surface area contributed by atoms with Crippen molar-refractivity contribution in [2.45, 2.75) is 12.5 Å². The molecule has 0 N–H and O–H groups in total. The molecule has 2 aliphatic heterocycles. The maximum absolute atomic E-state index is 12.5. The Morgan fingerprint density at radius 2 is 1.92 bits per heavy atom. The number of carbonyl (C=O) groups is 1. The number of hydrogen-bond donors (Lipinski definition) is 0. The van der Waals surface area contributed by atoms with Crippen molar-refractivity contribution in [3.63, 3.8) is 0 Å². The summed E-state index contributed by atoms with van der Waals surface area (Å²) in [4.78, 5) is 18.4. The van der Waals surface area contributed by atoms with Crippen LogP contribution in [0.1, 0.15) is 6.42 Å². The van der Waals surface area contributed by atoms with Crippen molar-refractivity contribution < 1.29 is 13.2 Å². The van der Waals surface area contributed by atoms with Gasteiger partial charge < -0.3 is 9.80 Å². The summed E-state index contributed by atoms with van der Waals surface area (Å²) in [5.41, 5.74) is 1.03. The van der Waals surface area contributed by atoms with Crippen LogP contribution in [0, 0.1) is 0 Å². The van der Waals surface area contributed by atoms with E-state index in [-0.39, 0.29) is 23.5 Å². The van der Waals surface area contributed by atoms with E-state index < -0.39 is 9.84 Å². The fourth-order valence-electron chi connectivity index (χ4n) is 3.44. The number of benzene rings is 1. The molecule has 0 spiro atoms. The average Bonchev–Trinajstić information content (AvgIpc) is 2.95. The minimum absolute atomic E-state index is 0.00621. The van der Waals surface area contributed by atoms with E-state index in [2.05, 4.69) is 9.80 Å². The smallest absolute Gasteiger partial charge is 0.236 e. The Labute approximate surface area is 154 Å². The zero-order valence-corrected chi connectivity index (χ0v) is 16.0. The summed E-state index contributed by atoms with van der Waals surface area (Å²) in [6.45, 7) is 3.54. The van der Waals surface area contributed by atoms with E-state index in [0.29, 0.717) is 13.0 Å². The molecule has 1 aromatic rings. The summed E-state index contributed by atoms with van der Waals surface area (Å²) in [6, 6.07) is 7.61. The molecule has 0 unspecified atom stereocenters. The Kier molecular flexibility index (Phi) is 5.55. The Morgan fingerprint density at radius 1 is 1.24 bits per heavy atom. The highest BCUT2D eigenvalue weighted by Gasteiger charge is 2.33. The molecule has 0 bridgehead atoms. The van der Waals surface area contributed by atoms with Gasteiger partial charge in [-0.05, 0) is 18.6 Å². The minimum Gasteiger partial charge on any atom is -0.368 e. The molecule has 2 heterocycles. The van der Waals surface area contributed by atoms with E-state index in [9.17, 15) is 13.2 Å². The summed E-state index contributed by atoms with van der Waals surface area (Å²) >= 11 is 6.25. The first kappa shape index (κ1) is 18.5. The minimum atomic E-state index is -2.98. The van der Waals surface area contributed by atoms with Crippen molar-refractivity contribution in [1.29, 1.82) is 0 Å². The molecule has 3 rings (SSSR count). The lowest BCUT2D eigenvalue weighted by Gasteiger charge is -2.37. The maximum atomic E-state index is 12.5. The van der Waals surface area contributed by atoms with E-state index in [1.54, 1.807) is 11.9 Å². The summed E-state index contributed by atoms with van der Waals surface area (Å²) in [5, 5.41) is 0.745. The summed E-state index contributed by atoms with van der Waals surface area (Å²) in [5.74, 6) is 0.273. The lowest BCUT2D eigenvalue weighted by atomic mass is 10.2. The number of amides is 1. The average molecular weight is 386 g/mol. The van der Waals surface area contributed by atoms with Gasteiger partial charge in [-0.3, -0.25) is 9.69 Å². The fourth-order valence-corrected chi connectivity index (χ4v) is 5.47. The van der Waals surface area contributed by atoms with E-state index in [1.165, 1.54) is 0 Å². The van der Waals surface area contributed by atoms with Crippen LogP contribution in [0.15, 0.2) is 24.3 Å². The number of para-hydroxylation sites is 1. The maximum Gasteiger partial charge on any atom is 0.236 e. The zero-order valence-electron chi connectivity index (χ0n) is 14.4. The van der Waals surface area contributed by atoms with Crippen LogP contribution < -0.4 is 4.90 Å². The third kappa shape index (κ3) is 4.46. The number of nitrogens with zero attached hydrogens (tertiary/aromatic N) is 3. The zero-order chi connectivity index (χ0) is 18.0. The first-order chi connectivity index (χ1) is 11.9. The van der Waals surface area contributed by atoms with Crippen LogP contribution in [-0.2, 0) is 14.6 Å². The number of anilines is 1. The predicted octanol–water partition coefficient (Wildman–Crippen LogP) is 1.11. The molecule has 8 heteroatoms. The molecule has 6 nitrogen and oxygen atoms in total. The summed E-state index contributed by atoms with van der Waals surface area (Å²) in [7, 11) is -1.26. The van der Waals surface area contributed by atoms with Crippen molar-refractivity contribution in [1.82, 2.24) is 9.80 Å². The van der Waals surface area contributed by atoms with Crippen LogP contribution in [0.4, 0.5) is 5.69 Å². The monoisotopic (exact) mass is 385 g/mol. The predicted molar refractivity (Wildman–Crippen MR) is 99.9 cm³/mol. The van der Waals surface area contributed by atoms with Crippen LogP contribution in [0.2, 0.25) is 5.02 Å². The highest BCUT2D eigenvalue weighted by Crippen LogP contribution is 2.26. The second-order valence-electron chi connectivity index (χ2n) is 6.78. The molecular formula is C17H24ClN3O3S. The van der Waals surface area contributed by atoms with E-state index >= 15 is 0 Å². The molecule has 0 saturated carbocycles. The molecule has 2 saturated heterocycles.